The number of anilines is 1. The molecule has 2 rings (SSSR count). The van der Waals surface area contributed by atoms with Gasteiger partial charge in [0.1, 0.15) is 5.75 Å². The first kappa shape index (κ1) is 12.4. The number of benzene rings is 1. The fraction of sp³-hybridized carbons (Fsp3) is 0.0769. The maximum absolute atomic E-state index is 11.8. The van der Waals surface area contributed by atoms with Gasteiger partial charge in [0.15, 0.2) is 0 Å². The second-order valence-corrected chi connectivity index (χ2v) is 4.18. The zero-order chi connectivity index (χ0) is 13.0. The molecular weight excluding hydrogens is 252 g/mol. The van der Waals surface area contributed by atoms with Crippen LogP contribution in [0.2, 0.25) is 5.02 Å². The van der Waals surface area contributed by atoms with Crippen LogP contribution in [0.4, 0.5) is 5.69 Å². The fourth-order valence-corrected chi connectivity index (χ4v) is 1.66. The van der Waals surface area contributed by atoms with Gasteiger partial charge < -0.3 is 10.4 Å². The number of nitrogens with one attached hydrogen (secondary N) is 1. The first-order valence-electron chi connectivity index (χ1n) is 5.32. The maximum Gasteiger partial charge on any atom is 0.228 e. The van der Waals surface area contributed by atoms with Gasteiger partial charge in [-0.3, -0.25) is 9.78 Å². The molecule has 1 aromatic heterocycles. The second kappa shape index (κ2) is 5.51. The lowest BCUT2D eigenvalue weighted by molar-refractivity contribution is -0.115. The maximum atomic E-state index is 11.8. The number of amides is 1. The molecule has 18 heavy (non-hydrogen) atoms. The molecule has 0 fully saturated rings. The third-order valence-corrected chi connectivity index (χ3v) is 2.56. The van der Waals surface area contributed by atoms with Gasteiger partial charge in [0.25, 0.3) is 0 Å². The predicted octanol–water partition coefficient (Wildman–Crippen LogP) is 2.62. The van der Waals surface area contributed by atoms with Crippen LogP contribution in [0.25, 0.3) is 0 Å². The van der Waals surface area contributed by atoms with E-state index in [0.29, 0.717) is 10.7 Å². The van der Waals surface area contributed by atoms with E-state index in [1.54, 1.807) is 24.5 Å². The minimum atomic E-state index is -0.236. The standard InChI is InChI=1S/C13H11ClN2O2/c14-10-3-4-12(17)11(7-10)16-13(18)6-9-2-1-5-15-8-9/h1-5,7-8,17H,6H2,(H,16,18). The average Bonchev–Trinajstić information content (AvgIpc) is 2.35. The highest BCUT2D eigenvalue weighted by Crippen LogP contribution is 2.26. The largest absolute Gasteiger partial charge is 0.506 e. The van der Waals surface area contributed by atoms with Crippen LogP contribution in [0.5, 0.6) is 5.75 Å². The summed E-state index contributed by atoms with van der Waals surface area (Å²) in [6.07, 6.45) is 3.46. The zero-order valence-corrected chi connectivity index (χ0v) is 10.2. The predicted molar refractivity (Wildman–Crippen MR) is 69.7 cm³/mol. The summed E-state index contributed by atoms with van der Waals surface area (Å²) in [6.45, 7) is 0. The van der Waals surface area contributed by atoms with Crippen LogP contribution in [0.1, 0.15) is 5.56 Å². The Kier molecular flexibility index (Phi) is 3.79. The highest BCUT2D eigenvalue weighted by molar-refractivity contribution is 6.31. The Morgan fingerprint density at radius 3 is 2.94 bits per heavy atom. The molecule has 0 saturated carbocycles. The number of carbonyl (C=O) groups is 1. The number of aromatic nitrogens is 1. The van der Waals surface area contributed by atoms with Gasteiger partial charge in [-0.05, 0) is 29.8 Å². The first-order chi connectivity index (χ1) is 8.65. The van der Waals surface area contributed by atoms with Crippen molar-refractivity contribution in [2.24, 2.45) is 0 Å². The van der Waals surface area contributed by atoms with Gasteiger partial charge in [-0.25, -0.2) is 0 Å². The number of halogens is 1. The molecule has 2 N–H and O–H groups in total. The lowest BCUT2D eigenvalue weighted by atomic mass is 10.2. The average molecular weight is 263 g/mol. The molecule has 92 valence electrons. The minimum Gasteiger partial charge on any atom is -0.506 e. The van der Waals surface area contributed by atoms with Gasteiger partial charge in [-0.15, -0.1) is 0 Å². The summed E-state index contributed by atoms with van der Waals surface area (Å²) in [5.74, 6) is -0.250. The van der Waals surface area contributed by atoms with Crippen molar-refractivity contribution in [1.82, 2.24) is 4.98 Å². The Morgan fingerprint density at radius 1 is 1.39 bits per heavy atom. The number of carbonyl (C=O) groups excluding carboxylic acids is 1. The van der Waals surface area contributed by atoms with E-state index in [1.807, 2.05) is 6.07 Å². The normalized spacial score (nSPS) is 10.1. The highest BCUT2D eigenvalue weighted by Gasteiger charge is 2.07. The van der Waals surface area contributed by atoms with Crippen LogP contribution in [-0.4, -0.2) is 16.0 Å². The Morgan fingerprint density at radius 2 is 2.22 bits per heavy atom. The second-order valence-electron chi connectivity index (χ2n) is 3.75. The van der Waals surface area contributed by atoms with Crippen molar-refractivity contribution in [2.45, 2.75) is 6.42 Å². The Labute approximate surface area is 109 Å². The van der Waals surface area contributed by atoms with Crippen molar-refractivity contribution in [3.8, 4) is 5.75 Å². The number of phenols is 1. The monoisotopic (exact) mass is 262 g/mol. The van der Waals surface area contributed by atoms with Crippen LogP contribution in [0.15, 0.2) is 42.7 Å². The minimum absolute atomic E-state index is 0.0149. The van der Waals surface area contributed by atoms with Crippen molar-refractivity contribution < 1.29 is 9.90 Å². The van der Waals surface area contributed by atoms with E-state index in [0.717, 1.165) is 5.56 Å². The van der Waals surface area contributed by atoms with Crippen LogP contribution in [0, 0.1) is 0 Å². The van der Waals surface area contributed by atoms with Crippen molar-refractivity contribution in [2.75, 3.05) is 5.32 Å². The third-order valence-electron chi connectivity index (χ3n) is 2.32. The number of pyridine rings is 1. The van der Waals surface area contributed by atoms with Crippen molar-refractivity contribution in [3.63, 3.8) is 0 Å². The molecule has 0 aliphatic carbocycles. The Bertz CT molecular complexity index is 558. The summed E-state index contributed by atoms with van der Waals surface area (Å²) in [6, 6.07) is 8.05. The summed E-state index contributed by atoms with van der Waals surface area (Å²) in [7, 11) is 0. The summed E-state index contributed by atoms with van der Waals surface area (Å²) < 4.78 is 0. The van der Waals surface area contributed by atoms with Crippen LogP contribution in [-0.2, 0) is 11.2 Å². The number of phenolic OH excluding ortho intramolecular Hbond substituents is 1. The number of nitrogens with zero attached hydrogens (tertiary/aromatic N) is 1. The lowest BCUT2D eigenvalue weighted by Gasteiger charge is -2.07. The highest BCUT2D eigenvalue weighted by atomic mass is 35.5. The molecular formula is C13H11ClN2O2. The molecule has 5 heteroatoms. The summed E-state index contributed by atoms with van der Waals surface area (Å²) in [5, 5.41) is 12.6. The molecule has 1 aromatic carbocycles. The van der Waals surface area contributed by atoms with Gasteiger partial charge in [0.05, 0.1) is 12.1 Å². The van der Waals surface area contributed by atoms with Crippen LogP contribution >= 0.6 is 11.6 Å². The van der Waals surface area contributed by atoms with Crippen molar-refractivity contribution in [1.29, 1.82) is 0 Å². The number of hydrogen-bond acceptors (Lipinski definition) is 3. The molecule has 0 aliphatic heterocycles. The number of rotatable bonds is 3. The topological polar surface area (TPSA) is 62.2 Å². The smallest absolute Gasteiger partial charge is 0.228 e. The van der Waals surface area contributed by atoms with Crippen LogP contribution < -0.4 is 5.32 Å². The van der Waals surface area contributed by atoms with E-state index >= 15 is 0 Å². The molecule has 2 aromatic rings. The van der Waals surface area contributed by atoms with Gasteiger partial charge in [0.2, 0.25) is 5.91 Å². The number of aromatic hydroxyl groups is 1. The van der Waals surface area contributed by atoms with E-state index < -0.39 is 0 Å². The van der Waals surface area contributed by atoms with Crippen LogP contribution in [0.3, 0.4) is 0 Å². The molecule has 4 nitrogen and oxygen atoms in total. The molecule has 1 amide bonds. The van der Waals surface area contributed by atoms with Gasteiger partial charge in [-0.2, -0.15) is 0 Å². The summed E-state index contributed by atoms with van der Waals surface area (Å²) >= 11 is 5.79. The van der Waals surface area contributed by atoms with Crippen molar-refractivity contribution >= 4 is 23.2 Å². The molecule has 0 aliphatic rings. The molecule has 0 radical (unpaired) electrons. The summed E-state index contributed by atoms with van der Waals surface area (Å²) in [4.78, 5) is 15.7. The molecule has 0 unspecified atom stereocenters. The van der Waals surface area contributed by atoms with E-state index in [4.69, 9.17) is 11.6 Å². The molecule has 0 atom stereocenters. The molecule has 0 saturated heterocycles. The fourth-order valence-electron chi connectivity index (χ4n) is 1.49. The van der Waals surface area contributed by atoms with Gasteiger partial charge in [-0.1, -0.05) is 17.7 Å². The van der Waals surface area contributed by atoms with E-state index in [2.05, 4.69) is 10.3 Å². The van der Waals surface area contributed by atoms with E-state index in [9.17, 15) is 9.90 Å². The molecule has 1 heterocycles. The van der Waals surface area contributed by atoms with Gasteiger partial charge in [0, 0.05) is 17.4 Å². The Hall–Kier alpha value is -2.07. The molecule has 0 bridgehead atoms. The van der Waals surface area contributed by atoms with Crippen molar-refractivity contribution in [3.05, 3.63) is 53.3 Å². The van der Waals surface area contributed by atoms with E-state index in [1.165, 1.54) is 12.1 Å². The number of hydrogen-bond donors (Lipinski definition) is 2. The summed E-state index contributed by atoms with van der Waals surface area (Å²) in [5.41, 5.74) is 1.10. The zero-order valence-electron chi connectivity index (χ0n) is 9.43. The SMILES string of the molecule is O=C(Cc1cccnc1)Nc1cc(Cl)ccc1O. The van der Waals surface area contributed by atoms with Gasteiger partial charge >= 0.3 is 0 Å². The first-order valence-corrected chi connectivity index (χ1v) is 5.70. The third kappa shape index (κ3) is 3.21. The Balaban J connectivity index is 2.05. The lowest BCUT2D eigenvalue weighted by Crippen LogP contribution is -2.14. The molecule has 0 spiro atoms. The quantitative estimate of drug-likeness (QED) is 0.836. The van der Waals surface area contributed by atoms with E-state index in [-0.39, 0.29) is 18.1 Å².